The van der Waals surface area contributed by atoms with Gasteiger partial charge in [-0.15, -0.1) is 0 Å². The minimum atomic E-state index is -0.836. The standard InChI is InChI=1S/C23H20N2O3/c1-14-13-24-20(17(14)9-10-22(26)27)12-19-18-8-7-16(11-21(18)25-23(19)28)15-5-3-2-4-6-15/h2-8,11-13,24H,9-10H2,1H3,(H,25,28)(H,26,27). The zero-order valence-electron chi connectivity index (χ0n) is 15.5. The number of carbonyl (C=O) groups excluding carboxylic acids is 1. The van der Waals surface area contributed by atoms with Crippen LogP contribution in [0.4, 0.5) is 5.69 Å². The van der Waals surface area contributed by atoms with Crippen LogP contribution in [0.5, 0.6) is 0 Å². The van der Waals surface area contributed by atoms with Crippen LogP contribution in [-0.4, -0.2) is 22.0 Å². The first-order valence-electron chi connectivity index (χ1n) is 9.14. The Morgan fingerprint density at radius 3 is 2.64 bits per heavy atom. The van der Waals surface area contributed by atoms with E-state index < -0.39 is 5.97 Å². The molecule has 2 heterocycles. The van der Waals surface area contributed by atoms with E-state index in [-0.39, 0.29) is 12.3 Å². The van der Waals surface area contributed by atoms with Gasteiger partial charge in [0.25, 0.3) is 5.91 Å². The first kappa shape index (κ1) is 17.8. The van der Waals surface area contributed by atoms with E-state index in [0.717, 1.165) is 39.2 Å². The third-order valence-corrected chi connectivity index (χ3v) is 5.03. The number of rotatable bonds is 5. The van der Waals surface area contributed by atoms with Gasteiger partial charge in [-0.2, -0.15) is 0 Å². The number of benzene rings is 2. The molecule has 5 heteroatoms. The number of aliphatic carboxylic acids is 1. The summed E-state index contributed by atoms with van der Waals surface area (Å²) in [6.45, 7) is 1.94. The average Bonchev–Trinajstić information content (AvgIpc) is 3.20. The van der Waals surface area contributed by atoms with E-state index in [4.69, 9.17) is 5.11 Å². The predicted octanol–water partition coefficient (Wildman–Crippen LogP) is 4.50. The summed E-state index contributed by atoms with van der Waals surface area (Å²) in [4.78, 5) is 26.7. The molecule has 0 saturated heterocycles. The number of carbonyl (C=O) groups is 2. The first-order chi connectivity index (χ1) is 13.5. The van der Waals surface area contributed by atoms with Gasteiger partial charge in [-0.1, -0.05) is 42.5 Å². The second kappa shape index (κ2) is 7.19. The van der Waals surface area contributed by atoms with Crippen molar-refractivity contribution < 1.29 is 14.7 Å². The van der Waals surface area contributed by atoms with E-state index in [1.165, 1.54) is 0 Å². The third kappa shape index (κ3) is 3.34. The van der Waals surface area contributed by atoms with E-state index >= 15 is 0 Å². The number of H-pyrrole nitrogens is 1. The number of carboxylic acid groups (broad SMARTS) is 1. The summed E-state index contributed by atoms with van der Waals surface area (Å²) in [6.07, 6.45) is 4.13. The van der Waals surface area contributed by atoms with Crippen molar-refractivity contribution in [1.29, 1.82) is 0 Å². The largest absolute Gasteiger partial charge is 0.481 e. The molecule has 3 N–H and O–H groups in total. The smallest absolute Gasteiger partial charge is 0.303 e. The molecule has 1 aliphatic heterocycles. The minimum Gasteiger partial charge on any atom is -0.481 e. The van der Waals surface area contributed by atoms with E-state index in [0.29, 0.717) is 12.0 Å². The molecule has 0 bridgehead atoms. The Hall–Kier alpha value is -3.60. The number of amides is 1. The Kier molecular flexibility index (Phi) is 4.57. The number of carboxylic acids is 1. The summed E-state index contributed by atoms with van der Waals surface area (Å²) in [6, 6.07) is 15.9. The molecule has 0 unspecified atom stereocenters. The van der Waals surface area contributed by atoms with Gasteiger partial charge in [0.05, 0.1) is 5.57 Å². The molecular formula is C23H20N2O3. The molecule has 28 heavy (non-hydrogen) atoms. The molecule has 0 radical (unpaired) electrons. The normalized spacial score (nSPS) is 14.2. The number of hydrogen-bond donors (Lipinski definition) is 3. The van der Waals surface area contributed by atoms with E-state index in [1.54, 1.807) is 0 Å². The highest BCUT2D eigenvalue weighted by Crippen LogP contribution is 2.36. The molecule has 4 rings (SSSR count). The average molecular weight is 372 g/mol. The summed E-state index contributed by atoms with van der Waals surface area (Å²) in [5.41, 5.74) is 7.04. The van der Waals surface area contributed by atoms with Crippen molar-refractivity contribution in [2.24, 2.45) is 0 Å². The molecule has 0 aliphatic carbocycles. The summed E-state index contributed by atoms with van der Waals surface area (Å²) in [7, 11) is 0. The Balaban J connectivity index is 1.70. The van der Waals surface area contributed by atoms with Crippen LogP contribution in [0.2, 0.25) is 0 Å². The van der Waals surface area contributed by atoms with Gasteiger partial charge in [-0.25, -0.2) is 0 Å². The molecule has 0 fully saturated rings. The zero-order valence-corrected chi connectivity index (χ0v) is 15.5. The first-order valence-corrected chi connectivity index (χ1v) is 9.14. The Morgan fingerprint density at radius 1 is 1.11 bits per heavy atom. The predicted molar refractivity (Wildman–Crippen MR) is 110 cm³/mol. The quantitative estimate of drug-likeness (QED) is 0.577. The fourth-order valence-electron chi connectivity index (χ4n) is 3.56. The van der Waals surface area contributed by atoms with Crippen LogP contribution in [-0.2, 0) is 16.0 Å². The number of aromatic nitrogens is 1. The Bertz CT molecular complexity index is 1090. The molecule has 3 aromatic rings. The van der Waals surface area contributed by atoms with E-state index in [2.05, 4.69) is 10.3 Å². The Labute approximate surface area is 162 Å². The van der Waals surface area contributed by atoms with Crippen molar-refractivity contribution in [2.75, 3.05) is 5.32 Å². The third-order valence-electron chi connectivity index (χ3n) is 5.03. The highest BCUT2D eigenvalue weighted by Gasteiger charge is 2.25. The topological polar surface area (TPSA) is 82.2 Å². The number of aromatic amines is 1. The van der Waals surface area contributed by atoms with Crippen LogP contribution in [0.3, 0.4) is 0 Å². The van der Waals surface area contributed by atoms with Gasteiger partial charge in [0, 0.05) is 29.6 Å². The molecule has 0 atom stereocenters. The van der Waals surface area contributed by atoms with Gasteiger partial charge in [0.2, 0.25) is 0 Å². The number of fused-ring (bicyclic) bond motifs is 1. The van der Waals surface area contributed by atoms with Crippen molar-refractivity contribution in [3.63, 3.8) is 0 Å². The fourth-order valence-corrected chi connectivity index (χ4v) is 3.56. The summed E-state index contributed by atoms with van der Waals surface area (Å²) >= 11 is 0. The maximum absolute atomic E-state index is 12.6. The molecule has 0 spiro atoms. The molecule has 2 aromatic carbocycles. The molecule has 5 nitrogen and oxygen atoms in total. The minimum absolute atomic E-state index is 0.0537. The van der Waals surface area contributed by atoms with Crippen LogP contribution >= 0.6 is 0 Å². The van der Waals surface area contributed by atoms with E-state index in [1.807, 2.05) is 67.7 Å². The lowest BCUT2D eigenvalue weighted by Gasteiger charge is -2.05. The lowest BCUT2D eigenvalue weighted by Crippen LogP contribution is -2.04. The van der Waals surface area contributed by atoms with Crippen molar-refractivity contribution in [3.05, 3.63) is 77.1 Å². The van der Waals surface area contributed by atoms with Gasteiger partial charge in [0.1, 0.15) is 0 Å². The van der Waals surface area contributed by atoms with Gasteiger partial charge in [-0.3, -0.25) is 9.59 Å². The fraction of sp³-hybridized carbons (Fsp3) is 0.130. The van der Waals surface area contributed by atoms with E-state index in [9.17, 15) is 9.59 Å². The molecule has 1 aliphatic rings. The number of hydrogen-bond acceptors (Lipinski definition) is 2. The summed E-state index contributed by atoms with van der Waals surface area (Å²) in [5, 5.41) is 11.9. The van der Waals surface area contributed by atoms with Gasteiger partial charge in [0.15, 0.2) is 0 Å². The van der Waals surface area contributed by atoms with Gasteiger partial charge < -0.3 is 15.4 Å². The van der Waals surface area contributed by atoms with Gasteiger partial charge >= 0.3 is 5.97 Å². The zero-order chi connectivity index (χ0) is 19.7. The number of aryl methyl sites for hydroxylation is 1. The molecule has 1 amide bonds. The monoisotopic (exact) mass is 372 g/mol. The van der Waals surface area contributed by atoms with Crippen LogP contribution in [0.15, 0.2) is 54.7 Å². The second-order valence-corrected chi connectivity index (χ2v) is 6.90. The van der Waals surface area contributed by atoms with Crippen LogP contribution in [0, 0.1) is 6.92 Å². The van der Waals surface area contributed by atoms with Gasteiger partial charge in [-0.05, 0) is 47.7 Å². The lowest BCUT2D eigenvalue weighted by molar-refractivity contribution is -0.137. The molecule has 0 saturated carbocycles. The molecule has 140 valence electrons. The van der Waals surface area contributed by atoms with Crippen LogP contribution in [0.25, 0.3) is 22.8 Å². The molecular weight excluding hydrogens is 352 g/mol. The van der Waals surface area contributed by atoms with Crippen molar-refractivity contribution >= 4 is 29.2 Å². The second-order valence-electron chi connectivity index (χ2n) is 6.90. The van der Waals surface area contributed by atoms with Crippen molar-refractivity contribution in [3.8, 4) is 11.1 Å². The van der Waals surface area contributed by atoms with Crippen molar-refractivity contribution in [1.82, 2.24) is 4.98 Å². The summed E-state index contributed by atoms with van der Waals surface area (Å²) < 4.78 is 0. The molecule has 1 aromatic heterocycles. The van der Waals surface area contributed by atoms with Crippen LogP contribution < -0.4 is 5.32 Å². The highest BCUT2D eigenvalue weighted by atomic mass is 16.4. The SMILES string of the molecule is Cc1c[nH]c(C=C2C(=O)Nc3cc(-c4ccccc4)ccc32)c1CCC(=O)O. The number of nitrogens with one attached hydrogen (secondary N) is 2. The maximum Gasteiger partial charge on any atom is 0.303 e. The number of anilines is 1. The lowest BCUT2D eigenvalue weighted by atomic mass is 9.99. The van der Waals surface area contributed by atoms with Crippen molar-refractivity contribution in [2.45, 2.75) is 19.8 Å². The summed E-state index contributed by atoms with van der Waals surface area (Å²) in [5.74, 6) is -0.992. The Morgan fingerprint density at radius 2 is 1.89 bits per heavy atom. The maximum atomic E-state index is 12.6. The highest BCUT2D eigenvalue weighted by molar-refractivity contribution is 6.35. The van der Waals surface area contributed by atoms with Crippen LogP contribution in [0.1, 0.15) is 28.8 Å².